The van der Waals surface area contributed by atoms with Crippen LogP contribution in [0.5, 0.6) is 11.8 Å². The first kappa shape index (κ1) is 47.3. The molecular formula is C46H66N12O6. The van der Waals surface area contributed by atoms with Crippen LogP contribution >= 0.6 is 0 Å². The minimum Gasteiger partial charge on any atom is -0.474 e. The summed E-state index contributed by atoms with van der Waals surface area (Å²) in [5, 5.41) is 17.2. The van der Waals surface area contributed by atoms with E-state index in [1.165, 1.54) is 22.5 Å². The molecule has 2 fully saturated rings. The Morgan fingerprint density at radius 3 is 1.27 bits per heavy atom. The van der Waals surface area contributed by atoms with E-state index in [2.05, 4.69) is 102 Å². The summed E-state index contributed by atoms with van der Waals surface area (Å²) in [7, 11) is 0. The molecule has 4 heterocycles. The van der Waals surface area contributed by atoms with Crippen LogP contribution in [0.2, 0.25) is 0 Å². The molecule has 18 heteroatoms. The Balaban J connectivity index is 0.749. The molecule has 0 atom stereocenters. The molecule has 4 N–H and O–H groups in total. The molecule has 4 amide bonds. The number of ether oxygens (including phenoxy) is 4. The first-order chi connectivity index (χ1) is 31.2. The predicted octanol–water partition coefficient (Wildman–Crippen LogP) is 4.35. The molecule has 6 rings (SSSR count). The fraction of sp³-hybridized carbons (Fsp3) is 0.522. The second kappa shape index (κ2) is 25.2. The number of rotatable bonds is 25. The maximum Gasteiger partial charge on any atom is 0.314 e. The quantitative estimate of drug-likeness (QED) is 0.0893. The van der Waals surface area contributed by atoms with Gasteiger partial charge >= 0.3 is 12.1 Å². The van der Waals surface area contributed by atoms with E-state index in [1.807, 2.05) is 24.3 Å². The highest BCUT2D eigenvalue weighted by Crippen LogP contribution is 2.22. The molecule has 346 valence electrons. The number of nitrogens with zero attached hydrogens (tertiary/aromatic N) is 10. The number of urea groups is 2. The van der Waals surface area contributed by atoms with Gasteiger partial charge in [0.05, 0.1) is 26.4 Å². The van der Waals surface area contributed by atoms with Gasteiger partial charge in [-0.25, -0.2) is 9.59 Å². The smallest absolute Gasteiger partial charge is 0.314 e. The van der Waals surface area contributed by atoms with E-state index in [4.69, 9.17) is 30.4 Å². The van der Waals surface area contributed by atoms with Crippen LogP contribution in [0.25, 0.3) is 0 Å². The number of aromatic nitrogens is 4. The summed E-state index contributed by atoms with van der Waals surface area (Å²) in [4.78, 5) is 36.5. The fourth-order valence-electron chi connectivity index (χ4n) is 7.74. The minimum absolute atomic E-state index is 0.308. The van der Waals surface area contributed by atoms with Crippen LogP contribution in [0.3, 0.4) is 0 Å². The van der Waals surface area contributed by atoms with Gasteiger partial charge in [0.1, 0.15) is 13.2 Å². The third kappa shape index (κ3) is 15.3. The predicted molar refractivity (Wildman–Crippen MR) is 249 cm³/mol. The number of carbonyl (C=O) groups is 2. The van der Waals surface area contributed by atoms with Gasteiger partial charge in [0, 0.05) is 102 Å². The van der Waals surface area contributed by atoms with Gasteiger partial charge in [-0.2, -0.15) is 0 Å². The van der Waals surface area contributed by atoms with Crippen LogP contribution in [0.4, 0.5) is 32.6 Å². The van der Waals surface area contributed by atoms with Crippen molar-refractivity contribution in [3.05, 3.63) is 83.9 Å². The number of aryl methyl sites for hydroxylation is 2. The van der Waals surface area contributed by atoms with Gasteiger partial charge in [-0.1, -0.05) is 37.1 Å². The summed E-state index contributed by atoms with van der Waals surface area (Å²) in [5.41, 5.74) is 16.3. The third-order valence-electron chi connectivity index (χ3n) is 11.4. The molecular weight excluding hydrogens is 817 g/mol. The SMILES string of the molecule is Cc1cccc(N2CCN(c3ccc(OCCOCCN(CCCCCCN(CCOCCOc4ccc(N5CCN(c6cccc(C)c6)CC5)nn4)C(N)=O)C(N)=O)nn3)CC2)c1. The van der Waals surface area contributed by atoms with E-state index < -0.39 is 12.1 Å². The van der Waals surface area contributed by atoms with E-state index >= 15 is 0 Å². The van der Waals surface area contributed by atoms with E-state index in [0.717, 1.165) is 89.7 Å². The number of benzene rings is 2. The van der Waals surface area contributed by atoms with Gasteiger partial charge in [-0.05, 0) is 74.2 Å². The van der Waals surface area contributed by atoms with Crippen LogP contribution in [0, 0.1) is 13.8 Å². The van der Waals surface area contributed by atoms with Crippen molar-refractivity contribution in [2.45, 2.75) is 39.5 Å². The van der Waals surface area contributed by atoms with E-state index in [1.54, 1.807) is 9.80 Å². The zero-order chi connectivity index (χ0) is 44.9. The second-order valence-electron chi connectivity index (χ2n) is 16.1. The lowest BCUT2D eigenvalue weighted by molar-refractivity contribution is 0.0835. The van der Waals surface area contributed by atoms with Crippen molar-refractivity contribution < 1.29 is 28.5 Å². The summed E-state index contributed by atoms with van der Waals surface area (Å²) in [6, 6.07) is 23.8. The van der Waals surface area contributed by atoms with E-state index in [9.17, 15) is 9.59 Å². The van der Waals surface area contributed by atoms with Crippen molar-refractivity contribution in [2.75, 3.05) is 138 Å². The minimum atomic E-state index is -0.484. The average Bonchev–Trinajstić information content (AvgIpc) is 3.31. The highest BCUT2D eigenvalue weighted by atomic mass is 16.5. The molecule has 0 spiro atoms. The van der Waals surface area contributed by atoms with Gasteiger partial charge in [0.15, 0.2) is 11.6 Å². The molecule has 0 radical (unpaired) electrons. The van der Waals surface area contributed by atoms with E-state index in [0.29, 0.717) is 77.6 Å². The number of piperazine rings is 2. The van der Waals surface area contributed by atoms with E-state index in [-0.39, 0.29) is 0 Å². The average molecular weight is 883 g/mol. The van der Waals surface area contributed by atoms with Crippen LogP contribution in [-0.4, -0.2) is 160 Å². The number of nitrogens with two attached hydrogens (primary N) is 2. The molecule has 0 unspecified atom stereocenters. The summed E-state index contributed by atoms with van der Waals surface area (Å²) in [6.45, 7) is 15.2. The molecule has 64 heavy (non-hydrogen) atoms. The number of anilines is 4. The van der Waals surface area contributed by atoms with Gasteiger partial charge in [0.2, 0.25) is 11.8 Å². The first-order valence-electron chi connectivity index (χ1n) is 22.5. The Hall–Kier alpha value is -6.14. The zero-order valence-corrected chi connectivity index (χ0v) is 37.6. The number of amides is 4. The molecule has 4 aromatic rings. The van der Waals surface area contributed by atoms with Crippen LogP contribution in [-0.2, 0) is 9.47 Å². The van der Waals surface area contributed by atoms with Crippen LogP contribution in [0.15, 0.2) is 72.8 Å². The Morgan fingerprint density at radius 1 is 0.500 bits per heavy atom. The molecule has 2 saturated heterocycles. The highest BCUT2D eigenvalue weighted by molar-refractivity contribution is 5.72. The Labute approximate surface area is 377 Å². The number of carbonyl (C=O) groups excluding carboxylic acids is 2. The molecule has 0 bridgehead atoms. The summed E-state index contributed by atoms with van der Waals surface area (Å²) < 4.78 is 22.9. The van der Waals surface area contributed by atoms with Crippen molar-refractivity contribution >= 4 is 35.1 Å². The molecule has 2 aliphatic rings. The first-order valence-corrected chi connectivity index (χ1v) is 22.5. The Bertz CT molecular complexity index is 1850. The molecule has 0 saturated carbocycles. The summed E-state index contributed by atoms with van der Waals surface area (Å²) in [6.07, 6.45) is 3.30. The Kier molecular flexibility index (Phi) is 18.7. The maximum atomic E-state index is 12.0. The topological polar surface area (TPSA) is 194 Å². The highest BCUT2D eigenvalue weighted by Gasteiger charge is 2.21. The molecule has 2 aromatic carbocycles. The van der Waals surface area contributed by atoms with Crippen LogP contribution in [0.1, 0.15) is 36.8 Å². The third-order valence-corrected chi connectivity index (χ3v) is 11.4. The van der Waals surface area contributed by atoms with Crippen LogP contribution < -0.4 is 40.5 Å². The van der Waals surface area contributed by atoms with Crippen molar-refractivity contribution in [1.29, 1.82) is 0 Å². The fourth-order valence-corrected chi connectivity index (χ4v) is 7.74. The van der Waals surface area contributed by atoms with Crippen molar-refractivity contribution in [3.8, 4) is 11.8 Å². The van der Waals surface area contributed by atoms with Gasteiger partial charge < -0.3 is 59.8 Å². The van der Waals surface area contributed by atoms with Gasteiger partial charge in [-0.15, -0.1) is 20.4 Å². The molecule has 0 aliphatic carbocycles. The summed E-state index contributed by atoms with van der Waals surface area (Å²) in [5.74, 6) is 2.54. The number of hydrogen-bond donors (Lipinski definition) is 2. The second-order valence-corrected chi connectivity index (χ2v) is 16.1. The lowest BCUT2D eigenvalue weighted by Crippen LogP contribution is -2.46. The molecule has 2 aromatic heterocycles. The summed E-state index contributed by atoms with van der Waals surface area (Å²) >= 11 is 0. The number of unbranched alkanes of at least 4 members (excludes halogenated alkanes) is 3. The van der Waals surface area contributed by atoms with Crippen molar-refractivity contribution in [2.24, 2.45) is 11.5 Å². The van der Waals surface area contributed by atoms with Gasteiger partial charge in [-0.3, -0.25) is 0 Å². The zero-order valence-electron chi connectivity index (χ0n) is 37.6. The molecule has 18 nitrogen and oxygen atoms in total. The largest absolute Gasteiger partial charge is 0.474 e. The van der Waals surface area contributed by atoms with Crippen molar-refractivity contribution in [3.63, 3.8) is 0 Å². The van der Waals surface area contributed by atoms with Gasteiger partial charge in [0.25, 0.3) is 0 Å². The molecule has 2 aliphatic heterocycles. The normalized spacial score (nSPS) is 14.1. The lowest BCUT2D eigenvalue weighted by atomic mass is 10.2. The number of hydrogen-bond acceptors (Lipinski definition) is 14. The van der Waals surface area contributed by atoms with Crippen molar-refractivity contribution in [1.82, 2.24) is 30.2 Å². The maximum absolute atomic E-state index is 12.0. The monoisotopic (exact) mass is 883 g/mol. The Morgan fingerprint density at radius 2 is 0.906 bits per heavy atom. The standard InChI is InChI=1S/C46H66N12O6/c1-37-9-7-11-39(35-37)53-19-23-55(24-20-53)41-13-15-43(51-49-41)63-33-31-61-29-27-57(45(47)59)17-5-3-4-6-18-58(46(48)60)28-30-62-32-34-64-44-16-14-42(50-52-44)56-25-21-54(22-26-56)40-12-8-10-38(2)36-40/h7-16,35-36H,3-6,17-34H2,1-2H3,(H2,47,59)(H2,48,60). The lowest BCUT2D eigenvalue weighted by Gasteiger charge is -2.36. The number of primary amides is 2.